The van der Waals surface area contributed by atoms with Crippen LogP contribution >= 0.6 is 0 Å². The molecular weight excluding hydrogens is 374 g/mol. The molecule has 0 saturated heterocycles. The fourth-order valence-electron chi connectivity index (χ4n) is 2.82. The molecule has 0 saturated carbocycles. The summed E-state index contributed by atoms with van der Waals surface area (Å²) in [5, 5.41) is 10.9. The van der Waals surface area contributed by atoms with E-state index in [-0.39, 0.29) is 11.5 Å². The number of hydrogen-bond donors (Lipinski definition) is 0. The van der Waals surface area contributed by atoms with E-state index < -0.39 is 4.92 Å². The van der Waals surface area contributed by atoms with Crippen LogP contribution in [0.15, 0.2) is 65.1 Å². The molecule has 3 aromatic rings. The van der Waals surface area contributed by atoms with Gasteiger partial charge in [0.1, 0.15) is 17.3 Å². The van der Waals surface area contributed by atoms with E-state index >= 15 is 0 Å². The smallest absolute Gasteiger partial charge is 0.270 e. The second kappa shape index (κ2) is 8.99. The standard InChI is InChI=1S/C22H19NO6/c1-27-14-17-12-15(6-10-21(17)28-2)20(24)9-7-19-8-11-22(29-19)16-4-3-5-18(13-16)23(25)26/h3-13H,14H2,1-2H3/b9-7+. The van der Waals surface area contributed by atoms with Crippen LogP contribution < -0.4 is 4.74 Å². The summed E-state index contributed by atoms with van der Waals surface area (Å²) in [5.74, 6) is 1.40. The number of rotatable bonds is 8. The zero-order chi connectivity index (χ0) is 20.8. The maximum atomic E-state index is 12.5. The monoisotopic (exact) mass is 393 g/mol. The van der Waals surface area contributed by atoms with E-state index in [2.05, 4.69) is 0 Å². The normalized spacial score (nSPS) is 11.0. The molecule has 0 bridgehead atoms. The minimum atomic E-state index is -0.460. The molecule has 0 atom stereocenters. The molecule has 3 rings (SSSR count). The SMILES string of the molecule is COCc1cc(C(=O)/C=C/c2ccc(-c3cccc([N+](=O)[O-])c3)o2)ccc1OC. The molecule has 7 heteroatoms. The van der Waals surface area contributed by atoms with Gasteiger partial charge >= 0.3 is 0 Å². The Hall–Kier alpha value is -3.71. The number of hydrogen-bond acceptors (Lipinski definition) is 6. The molecule has 2 aromatic carbocycles. The first kappa shape index (κ1) is 20.0. The molecule has 0 radical (unpaired) electrons. The van der Waals surface area contributed by atoms with Gasteiger partial charge < -0.3 is 13.9 Å². The van der Waals surface area contributed by atoms with Crippen LogP contribution in [0.3, 0.4) is 0 Å². The number of nitro benzene ring substituents is 1. The van der Waals surface area contributed by atoms with Crippen molar-refractivity contribution in [1.82, 2.24) is 0 Å². The second-order valence-electron chi connectivity index (χ2n) is 6.17. The predicted molar refractivity (Wildman–Crippen MR) is 108 cm³/mol. The number of allylic oxidation sites excluding steroid dienone is 1. The van der Waals surface area contributed by atoms with E-state index in [1.807, 2.05) is 0 Å². The zero-order valence-corrected chi connectivity index (χ0v) is 16.0. The zero-order valence-electron chi connectivity index (χ0n) is 16.0. The van der Waals surface area contributed by atoms with Crippen molar-refractivity contribution in [1.29, 1.82) is 0 Å². The molecule has 1 heterocycles. The summed E-state index contributed by atoms with van der Waals surface area (Å²) < 4.78 is 16.1. The summed E-state index contributed by atoms with van der Waals surface area (Å²) in [4.78, 5) is 22.9. The lowest BCUT2D eigenvalue weighted by Gasteiger charge is -2.08. The fourth-order valence-corrected chi connectivity index (χ4v) is 2.82. The van der Waals surface area contributed by atoms with Crippen molar-refractivity contribution in [2.75, 3.05) is 14.2 Å². The third kappa shape index (κ3) is 4.77. The first-order valence-electron chi connectivity index (χ1n) is 8.74. The molecule has 1 aromatic heterocycles. The molecule has 148 valence electrons. The minimum absolute atomic E-state index is 0.0162. The van der Waals surface area contributed by atoms with Gasteiger partial charge in [0.2, 0.25) is 0 Å². The number of ether oxygens (including phenoxy) is 2. The minimum Gasteiger partial charge on any atom is -0.496 e. The van der Waals surface area contributed by atoms with Gasteiger partial charge in [0, 0.05) is 35.9 Å². The van der Waals surface area contributed by atoms with E-state index in [9.17, 15) is 14.9 Å². The van der Waals surface area contributed by atoms with Gasteiger partial charge in [-0.15, -0.1) is 0 Å². The van der Waals surface area contributed by atoms with Crippen LogP contribution in [0, 0.1) is 10.1 Å². The summed E-state index contributed by atoms with van der Waals surface area (Å²) in [6.45, 7) is 0.332. The molecule has 0 aliphatic heterocycles. The maximum absolute atomic E-state index is 12.5. The van der Waals surface area contributed by atoms with Gasteiger partial charge in [-0.3, -0.25) is 14.9 Å². The Morgan fingerprint density at radius 1 is 1.14 bits per heavy atom. The van der Waals surface area contributed by atoms with Crippen molar-refractivity contribution in [2.24, 2.45) is 0 Å². The molecule has 0 amide bonds. The molecule has 0 fully saturated rings. The Balaban J connectivity index is 1.77. The highest BCUT2D eigenvalue weighted by Gasteiger charge is 2.11. The maximum Gasteiger partial charge on any atom is 0.270 e. The van der Waals surface area contributed by atoms with E-state index in [1.54, 1.807) is 62.8 Å². The van der Waals surface area contributed by atoms with E-state index in [1.165, 1.54) is 18.2 Å². The Morgan fingerprint density at radius 2 is 1.97 bits per heavy atom. The molecule has 0 aliphatic carbocycles. The number of carbonyl (C=O) groups is 1. The molecule has 29 heavy (non-hydrogen) atoms. The summed E-state index contributed by atoms with van der Waals surface area (Å²) in [6.07, 6.45) is 2.97. The average Bonchev–Trinajstić information content (AvgIpc) is 3.21. The number of carbonyl (C=O) groups excluding carboxylic acids is 1. The Bertz CT molecular complexity index is 1070. The largest absolute Gasteiger partial charge is 0.496 e. The number of furan rings is 1. The molecule has 0 aliphatic rings. The lowest BCUT2D eigenvalue weighted by Crippen LogP contribution is -1.99. The number of benzene rings is 2. The number of non-ortho nitro benzene ring substituents is 1. The molecule has 0 unspecified atom stereocenters. The lowest BCUT2D eigenvalue weighted by atomic mass is 10.1. The van der Waals surface area contributed by atoms with Crippen LogP contribution in [0.5, 0.6) is 5.75 Å². The first-order chi connectivity index (χ1) is 14.0. The van der Waals surface area contributed by atoms with Crippen LogP contribution in [0.4, 0.5) is 5.69 Å². The number of methoxy groups -OCH3 is 2. The summed E-state index contributed by atoms with van der Waals surface area (Å²) in [5.41, 5.74) is 1.85. The molecule has 7 nitrogen and oxygen atoms in total. The van der Waals surface area contributed by atoms with Crippen molar-refractivity contribution >= 4 is 17.5 Å². The quantitative estimate of drug-likeness (QED) is 0.234. The van der Waals surface area contributed by atoms with E-state index in [0.29, 0.717) is 35.0 Å². The highest BCUT2D eigenvalue weighted by Crippen LogP contribution is 2.26. The third-order valence-corrected chi connectivity index (χ3v) is 4.23. The number of nitrogens with zero attached hydrogens (tertiary/aromatic N) is 1. The van der Waals surface area contributed by atoms with E-state index in [0.717, 1.165) is 5.56 Å². The number of ketones is 1. The first-order valence-corrected chi connectivity index (χ1v) is 8.74. The Kier molecular flexibility index (Phi) is 6.21. The van der Waals surface area contributed by atoms with Crippen molar-refractivity contribution in [2.45, 2.75) is 6.61 Å². The Labute approximate surface area is 167 Å². The van der Waals surface area contributed by atoms with Gasteiger partial charge in [-0.25, -0.2) is 0 Å². The van der Waals surface area contributed by atoms with E-state index in [4.69, 9.17) is 13.9 Å². The molecule has 0 N–H and O–H groups in total. The second-order valence-corrected chi connectivity index (χ2v) is 6.17. The molecular formula is C22H19NO6. The van der Waals surface area contributed by atoms with Crippen molar-refractivity contribution in [3.05, 3.63) is 87.7 Å². The van der Waals surface area contributed by atoms with Gasteiger partial charge in [0.15, 0.2) is 5.78 Å². The van der Waals surface area contributed by atoms with Crippen LogP contribution in [-0.4, -0.2) is 24.9 Å². The third-order valence-electron chi connectivity index (χ3n) is 4.23. The predicted octanol–water partition coefficient (Wildman–Crippen LogP) is 4.91. The number of nitro groups is 1. The van der Waals surface area contributed by atoms with Crippen LogP contribution in [-0.2, 0) is 11.3 Å². The average molecular weight is 393 g/mol. The molecule has 0 spiro atoms. The summed E-state index contributed by atoms with van der Waals surface area (Å²) in [6, 6.07) is 14.7. The fraction of sp³-hybridized carbons (Fsp3) is 0.136. The van der Waals surface area contributed by atoms with Crippen LogP contribution in [0.2, 0.25) is 0 Å². The van der Waals surface area contributed by atoms with Crippen molar-refractivity contribution < 1.29 is 23.6 Å². The van der Waals surface area contributed by atoms with Gasteiger partial charge in [-0.2, -0.15) is 0 Å². The van der Waals surface area contributed by atoms with Gasteiger partial charge in [-0.05, 0) is 42.5 Å². The lowest BCUT2D eigenvalue weighted by molar-refractivity contribution is -0.384. The Morgan fingerprint density at radius 3 is 2.69 bits per heavy atom. The highest BCUT2D eigenvalue weighted by molar-refractivity contribution is 6.06. The summed E-state index contributed by atoms with van der Waals surface area (Å²) in [7, 11) is 3.13. The van der Waals surface area contributed by atoms with Gasteiger partial charge in [0.05, 0.1) is 18.6 Å². The van der Waals surface area contributed by atoms with Crippen LogP contribution in [0.1, 0.15) is 21.7 Å². The highest BCUT2D eigenvalue weighted by atomic mass is 16.6. The summed E-state index contributed by atoms with van der Waals surface area (Å²) >= 11 is 0. The van der Waals surface area contributed by atoms with Crippen molar-refractivity contribution in [3.63, 3.8) is 0 Å². The van der Waals surface area contributed by atoms with Gasteiger partial charge in [0.25, 0.3) is 5.69 Å². The van der Waals surface area contributed by atoms with Crippen LogP contribution in [0.25, 0.3) is 17.4 Å². The topological polar surface area (TPSA) is 91.8 Å². The van der Waals surface area contributed by atoms with Gasteiger partial charge in [-0.1, -0.05) is 12.1 Å². The van der Waals surface area contributed by atoms with Crippen molar-refractivity contribution in [3.8, 4) is 17.1 Å².